The zero-order valence-electron chi connectivity index (χ0n) is 11.8. The number of allylic oxidation sites excluding steroid dienone is 4. The second-order valence-electron chi connectivity index (χ2n) is 5.25. The molecule has 1 aliphatic carbocycles. The van der Waals surface area contributed by atoms with Gasteiger partial charge in [0.1, 0.15) is 12.0 Å². The third-order valence-corrected chi connectivity index (χ3v) is 5.24. The van der Waals surface area contributed by atoms with Crippen molar-refractivity contribution < 1.29 is 9.53 Å². The van der Waals surface area contributed by atoms with Gasteiger partial charge in [-0.2, -0.15) is 0 Å². The second-order valence-corrected chi connectivity index (χ2v) is 6.59. The molecule has 1 atom stereocenters. The Balaban J connectivity index is 2.03. The molecule has 1 heterocycles. The second kappa shape index (κ2) is 5.49. The van der Waals surface area contributed by atoms with E-state index in [4.69, 9.17) is 4.74 Å². The molecule has 3 heteroatoms. The van der Waals surface area contributed by atoms with Gasteiger partial charge in [0.2, 0.25) is 0 Å². The largest absolute Gasteiger partial charge is 0.497 e. The van der Waals surface area contributed by atoms with Gasteiger partial charge < -0.3 is 9.53 Å². The van der Waals surface area contributed by atoms with Crippen molar-refractivity contribution >= 4 is 18.0 Å². The van der Waals surface area contributed by atoms with E-state index in [0.29, 0.717) is 0 Å². The number of aryl methyl sites for hydroxylation is 1. The molecule has 2 nitrogen and oxygen atoms in total. The molecule has 0 spiro atoms. The molecular weight excluding hydrogens is 268 g/mol. The van der Waals surface area contributed by atoms with Crippen molar-refractivity contribution in [3.05, 3.63) is 50.8 Å². The van der Waals surface area contributed by atoms with Crippen molar-refractivity contribution in [3.8, 4) is 5.75 Å². The molecule has 1 unspecified atom stereocenters. The smallest absolute Gasteiger partial charge is 0.131 e. The monoisotopic (exact) mass is 286 g/mol. The first-order chi connectivity index (χ1) is 9.72. The van der Waals surface area contributed by atoms with Crippen LogP contribution in [0.1, 0.15) is 36.8 Å². The molecule has 0 radical (unpaired) electrons. The first-order valence-electron chi connectivity index (χ1n) is 6.91. The number of fused-ring (bicyclic) bond motifs is 1. The van der Waals surface area contributed by atoms with Crippen LogP contribution in [0.25, 0.3) is 0 Å². The highest BCUT2D eigenvalue weighted by molar-refractivity contribution is 8.07. The van der Waals surface area contributed by atoms with E-state index in [1.54, 1.807) is 7.11 Å². The van der Waals surface area contributed by atoms with Crippen LogP contribution in [0.15, 0.2) is 39.7 Å². The van der Waals surface area contributed by atoms with E-state index in [9.17, 15) is 4.79 Å². The summed E-state index contributed by atoms with van der Waals surface area (Å²) in [5, 5.41) is 0. The SMILES string of the molecule is COc1ccc2c(c1)C(C=O)C(=C1CC=C(C)S1)CC2. The molecule has 20 heavy (non-hydrogen) atoms. The number of hydrogen-bond donors (Lipinski definition) is 0. The van der Waals surface area contributed by atoms with Crippen molar-refractivity contribution in [2.45, 2.75) is 32.1 Å². The van der Waals surface area contributed by atoms with Gasteiger partial charge >= 0.3 is 0 Å². The van der Waals surface area contributed by atoms with Gasteiger partial charge in [0.25, 0.3) is 0 Å². The molecule has 0 aromatic heterocycles. The Morgan fingerprint density at radius 3 is 2.85 bits per heavy atom. The number of carbonyl (C=O) groups excluding carboxylic acids is 1. The molecule has 1 aliphatic heterocycles. The van der Waals surface area contributed by atoms with Crippen molar-refractivity contribution in [2.24, 2.45) is 0 Å². The van der Waals surface area contributed by atoms with Gasteiger partial charge in [-0.05, 0) is 64.8 Å². The fraction of sp³-hybridized carbons (Fsp3) is 0.353. The minimum Gasteiger partial charge on any atom is -0.497 e. The quantitative estimate of drug-likeness (QED) is 0.761. The number of ether oxygens (including phenoxy) is 1. The number of thioether (sulfide) groups is 1. The molecule has 0 bridgehead atoms. The van der Waals surface area contributed by atoms with Crippen LogP contribution in [0.2, 0.25) is 0 Å². The van der Waals surface area contributed by atoms with E-state index < -0.39 is 0 Å². The lowest BCUT2D eigenvalue weighted by molar-refractivity contribution is -0.108. The van der Waals surface area contributed by atoms with Crippen LogP contribution in [-0.2, 0) is 11.2 Å². The molecule has 2 aliphatic rings. The van der Waals surface area contributed by atoms with Gasteiger partial charge in [0.15, 0.2) is 0 Å². The molecule has 0 amide bonds. The van der Waals surface area contributed by atoms with Crippen LogP contribution in [0.5, 0.6) is 5.75 Å². The Hall–Kier alpha value is -1.48. The summed E-state index contributed by atoms with van der Waals surface area (Å²) in [6, 6.07) is 6.10. The topological polar surface area (TPSA) is 26.3 Å². The number of rotatable bonds is 2. The highest BCUT2D eigenvalue weighted by atomic mass is 32.2. The van der Waals surface area contributed by atoms with Gasteiger partial charge in [-0.1, -0.05) is 23.9 Å². The lowest BCUT2D eigenvalue weighted by Gasteiger charge is -2.26. The Morgan fingerprint density at radius 1 is 1.35 bits per heavy atom. The maximum atomic E-state index is 11.7. The van der Waals surface area contributed by atoms with Crippen molar-refractivity contribution in [3.63, 3.8) is 0 Å². The van der Waals surface area contributed by atoms with Crippen molar-refractivity contribution in [1.29, 1.82) is 0 Å². The lowest BCUT2D eigenvalue weighted by atomic mass is 9.79. The average Bonchev–Trinajstić information content (AvgIpc) is 2.91. The number of hydrogen-bond acceptors (Lipinski definition) is 3. The van der Waals surface area contributed by atoms with Crippen molar-refractivity contribution in [1.82, 2.24) is 0 Å². The fourth-order valence-electron chi connectivity index (χ4n) is 3.01. The van der Waals surface area contributed by atoms with E-state index in [-0.39, 0.29) is 5.92 Å². The third kappa shape index (κ3) is 2.31. The molecule has 0 saturated heterocycles. The van der Waals surface area contributed by atoms with Gasteiger partial charge in [-0.25, -0.2) is 0 Å². The number of aldehydes is 1. The van der Waals surface area contributed by atoms with E-state index in [0.717, 1.165) is 36.9 Å². The Bertz CT molecular complexity index is 613. The summed E-state index contributed by atoms with van der Waals surface area (Å²) in [6.07, 6.45) is 6.33. The van der Waals surface area contributed by atoms with Crippen LogP contribution in [-0.4, -0.2) is 13.4 Å². The highest BCUT2D eigenvalue weighted by Gasteiger charge is 2.28. The lowest BCUT2D eigenvalue weighted by Crippen LogP contribution is -2.15. The van der Waals surface area contributed by atoms with E-state index >= 15 is 0 Å². The van der Waals surface area contributed by atoms with Gasteiger partial charge in [0.05, 0.1) is 13.0 Å². The standard InChI is InChI=1S/C17H18O2S/c1-11-3-8-17(20-11)14-7-5-12-4-6-13(19-2)9-15(12)16(14)10-18/h3-4,6,9-10,16H,5,7-8H2,1-2H3. The summed E-state index contributed by atoms with van der Waals surface area (Å²) in [6.45, 7) is 2.13. The van der Waals surface area contributed by atoms with Gasteiger partial charge in [-0.3, -0.25) is 0 Å². The first-order valence-corrected chi connectivity index (χ1v) is 7.73. The summed E-state index contributed by atoms with van der Waals surface area (Å²) in [5.74, 6) is 0.728. The van der Waals surface area contributed by atoms with Crippen LogP contribution >= 0.6 is 11.8 Å². The van der Waals surface area contributed by atoms with Crippen molar-refractivity contribution in [2.75, 3.05) is 7.11 Å². The minimum absolute atomic E-state index is 0.101. The zero-order valence-corrected chi connectivity index (χ0v) is 12.6. The molecular formula is C17H18O2S. The maximum absolute atomic E-state index is 11.7. The number of carbonyl (C=O) groups is 1. The zero-order chi connectivity index (χ0) is 14.1. The Labute approximate surface area is 123 Å². The molecule has 0 saturated carbocycles. The molecule has 104 valence electrons. The normalized spacial score (nSPS) is 25.1. The molecule has 1 aromatic carbocycles. The van der Waals surface area contributed by atoms with Crippen LogP contribution < -0.4 is 4.74 Å². The summed E-state index contributed by atoms with van der Waals surface area (Å²) in [5.41, 5.74) is 3.71. The third-order valence-electron chi connectivity index (χ3n) is 4.08. The summed E-state index contributed by atoms with van der Waals surface area (Å²) in [4.78, 5) is 14.4. The predicted molar refractivity (Wildman–Crippen MR) is 83.1 cm³/mol. The van der Waals surface area contributed by atoms with Crippen LogP contribution in [0.3, 0.4) is 0 Å². The molecule has 3 rings (SSSR count). The average molecular weight is 286 g/mol. The van der Waals surface area contributed by atoms with E-state index in [2.05, 4.69) is 19.1 Å². The Kier molecular flexibility index (Phi) is 3.70. The van der Waals surface area contributed by atoms with E-state index in [1.165, 1.54) is 20.9 Å². The molecule has 1 aromatic rings. The fourth-order valence-corrected chi connectivity index (χ4v) is 4.09. The first kappa shape index (κ1) is 13.5. The predicted octanol–water partition coefficient (Wildman–Crippen LogP) is 4.22. The summed E-state index contributed by atoms with van der Waals surface area (Å²) in [7, 11) is 1.67. The number of benzene rings is 1. The molecule has 0 N–H and O–H groups in total. The van der Waals surface area contributed by atoms with Gasteiger partial charge in [0, 0.05) is 0 Å². The van der Waals surface area contributed by atoms with Crippen LogP contribution in [0, 0.1) is 0 Å². The Morgan fingerprint density at radius 2 is 2.20 bits per heavy atom. The maximum Gasteiger partial charge on any atom is 0.131 e. The summed E-state index contributed by atoms with van der Waals surface area (Å²) >= 11 is 1.83. The minimum atomic E-state index is -0.101. The van der Waals surface area contributed by atoms with Crippen LogP contribution in [0.4, 0.5) is 0 Å². The highest BCUT2D eigenvalue weighted by Crippen LogP contribution is 2.45. The summed E-state index contributed by atoms with van der Waals surface area (Å²) < 4.78 is 5.30. The number of methoxy groups -OCH3 is 1. The molecule has 0 fully saturated rings. The van der Waals surface area contributed by atoms with Gasteiger partial charge in [-0.15, -0.1) is 0 Å². The van der Waals surface area contributed by atoms with E-state index in [1.807, 2.05) is 23.9 Å².